The van der Waals surface area contributed by atoms with Crippen molar-refractivity contribution in [3.05, 3.63) is 11.8 Å². The Morgan fingerprint density at radius 3 is 2.67 bits per heavy atom. The van der Waals surface area contributed by atoms with Gasteiger partial charge in [0.15, 0.2) is 0 Å². The summed E-state index contributed by atoms with van der Waals surface area (Å²) in [6, 6.07) is 0. The highest BCUT2D eigenvalue weighted by atomic mass is 17.2. The van der Waals surface area contributed by atoms with E-state index >= 15 is 0 Å². The molecule has 1 aliphatic rings. The molecule has 9 heavy (non-hydrogen) atoms. The van der Waals surface area contributed by atoms with Gasteiger partial charge in [-0.2, -0.15) is 4.89 Å². The van der Waals surface area contributed by atoms with Crippen molar-refractivity contribution in [3.8, 4) is 0 Å². The Morgan fingerprint density at radius 2 is 2.44 bits per heavy atom. The van der Waals surface area contributed by atoms with Crippen LogP contribution in [0, 0.1) is 0 Å². The third kappa shape index (κ3) is 1.71. The van der Waals surface area contributed by atoms with E-state index in [0.29, 0.717) is 0 Å². The zero-order chi connectivity index (χ0) is 5.98. The number of carboxylic acids is 1. The minimum Gasteiger partial charge on any atom is -0.475 e. The van der Waals surface area contributed by atoms with Crippen molar-refractivity contribution in [1.82, 2.24) is 6.15 Å². The maximum atomic E-state index is 9.93. The van der Waals surface area contributed by atoms with Gasteiger partial charge in [0.25, 0.3) is 0 Å². The van der Waals surface area contributed by atoms with Gasteiger partial charge in [-0.3, -0.25) is 0 Å². The normalized spacial score (nSPS) is 15.3. The van der Waals surface area contributed by atoms with Crippen molar-refractivity contribution >= 4 is 5.97 Å². The van der Waals surface area contributed by atoms with Gasteiger partial charge < -0.3 is 16.1 Å². The Labute approximate surface area is 51.4 Å². The minimum absolute atomic E-state index is 0. The molecule has 0 aromatic heterocycles. The summed E-state index contributed by atoms with van der Waals surface area (Å²) in [4.78, 5) is 18.3. The monoisotopic (exact) mass is 133 g/mol. The van der Waals surface area contributed by atoms with E-state index in [9.17, 15) is 4.79 Å². The lowest BCUT2D eigenvalue weighted by molar-refractivity contribution is -0.236. The van der Waals surface area contributed by atoms with E-state index in [0.717, 1.165) is 0 Å². The molecular formula is C4H7NO4. The maximum Gasteiger partial charge on any atom is 0.375 e. The van der Waals surface area contributed by atoms with Crippen molar-refractivity contribution in [2.75, 3.05) is 6.61 Å². The molecule has 1 aliphatic heterocycles. The van der Waals surface area contributed by atoms with E-state index in [1.807, 2.05) is 0 Å². The summed E-state index contributed by atoms with van der Waals surface area (Å²) in [6.07, 6.45) is 1.35. The van der Waals surface area contributed by atoms with Crippen LogP contribution in [0.15, 0.2) is 11.8 Å². The molecule has 1 heterocycles. The van der Waals surface area contributed by atoms with Gasteiger partial charge in [0, 0.05) is 0 Å². The summed E-state index contributed by atoms with van der Waals surface area (Å²) in [5.74, 6) is -1.23. The standard InChI is InChI=1S/C4H4O4.H3N/c5-4(6)3-1-2-7-8-3;/h1H,2H2,(H,5,6);1H3. The lowest BCUT2D eigenvalue weighted by Gasteiger charge is -1.90. The Morgan fingerprint density at radius 1 is 1.78 bits per heavy atom. The molecule has 5 nitrogen and oxygen atoms in total. The van der Waals surface area contributed by atoms with Crippen LogP contribution in [0.1, 0.15) is 0 Å². The molecule has 0 fully saturated rings. The first kappa shape index (κ1) is 7.93. The first-order valence-corrected chi connectivity index (χ1v) is 2.03. The molecule has 0 bridgehead atoms. The summed E-state index contributed by atoms with van der Waals surface area (Å²) in [5, 5.41) is 8.14. The molecule has 0 spiro atoms. The Bertz CT molecular complexity index is 142. The second-order valence-electron chi connectivity index (χ2n) is 1.24. The molecule has 0 radical (unpaired) electrons. The van der Waals surface area contributed by atoms with Gasteiger partial charge in [0.05, 0.1) is 0 Å². The first-order valence-electron chi connectivity index (χ1n) is 2.03. The van der Waals surface area contributed by atoms with Crippen LogP contribution >= 0.6 is 0 Å². The number of carboxylic acid groups (broad SMARTS) is 1. The molecule has 4 N–H and O–H groups in total. The minimum atomic E-state index is -1.09. The molecule has 0 saturated carbocycles. The van der Waals surface area contributed by atoms with Crippen LogP contribution < -0.4 is 6.15 Å². The fourth-order valence-electron chi connectivity index (χ4n) is 0.364. The molecule has 0 saturated heterocycles. The summed E-state index contributed by atoms with van der Waals surface area (Å²) < 4.78 is 0. The van der Waals surface area contributed by atoms with Gasteiger partial charge in [0.1, 0.15) is 6.61 Å². The molecular weight excluding hydrogens is 126 g/mol. The smallest absolute Gasteiger partial charge is 0.375 e. The molecule has 0 atom stereocenters. The summed E-state index contributed by atoms with van der Waals surface area (Å²) in [5.41, 5.74) is 0. The molecule has 0 aliphatic carbocycles. The Balaban J connectivity index is 0.000000640. The van der Waals surface area contributed by atoms with Gasteiger partial charge >= 0.3 is 5.97 Å². The number of hydrogen-bond acceptors (Lipinski definition) is 4. The van der Waals surface area contributed by atoms with Crippen molar-refractivity contribution < 1.29 is 19.7 Å². The van der Waals surface area contributed by atoms with E-state index < -0.39 is 5.97 Å². The van der Waals surface area contributed by atoms with Crippen LogP contribution in [0.2, 0.25) is 0 Å². The highest BCUT2D eigenvalue weighted by Crippen LogP contribution is 2.04. The molecule has 0 unspecified atom stereocenters. The van der Waals surface area contributed by atoms with Crippen molar-refractivity contribution in [2.24, 2.45) is 0 Å². The molecule has 0 aromatic rings. The van der Waals surface area contributed by atoms with Crippen molar-refractivity contribution in [2.45, 2.75) is 0 Å². The fraction of sp³-hybridized carbons (Fsp3) is 0.250. The lowest BCUT2D eigenvalue weighted by Crippen LogP contribution is -1.98. The third-order valence-corrected chi connectivity index (χ3v) is 0.696. The first-order chi connectivity index (χ1) is 3.80. The number of carbonyl (C=O) groups is 1. The van der Waals surface area contributed by atoms with Crippen molar-refractivity contribution in [1.29, 1.82) is 0 Å². The van der Waals surface area contributed by atoms with Gasteiger partial charge in [-0.25, -0.2) is 4.79 Å². The Hall–Kier alpha value is -1.07. The zero-order valence-electron chi connectivity index (χ0n) is 4.66. The highest BCUT2D eigenvalue weighted by molar-refractivity contribution is 5.84. The van der Waals surface area contributed by atoms with Crippen LogP contribution in [0.4, 0.5) is 0 Å². The van der Waals surface area contributed by atoms with E-state index in [4.69, 9.17) is 5.11 Å². The highest BCUT2D eigenvalue weighted by Gasteiger charge is 2.13. The SMILES string of the molecule is N.O=C(O)C1=CCOO1. The van der Waals surface area contributed by atoms with Crippen LogP contribution in [0.3, 0.4) is 0 Å². The van der Waals surface area contributed by atoms with E-state index in [1.165, 1.54) is 6.08 Å². The second-order valence-corrected chi connectivity index (χ2v) is 1.24. The fourth-order valence-corrected chi connectivity index (χ4v) is 0.364. The van der Waals surface area contributed by atoms with Crippen molar-refractivity contribution in [3.63, 3.8) is 0 Å². The van der Waals surface area contributed by atoms with Crippen LogP contribution in [-0.2, 0) is 14.6 Å². The predicted octanol–water partition coefficient (Wildman–Crippen LogP) is 0.0787. The van der Waals surface area contributed by atoms with E-state index in [1.54, 1.807) is 0 Å². The summed E-state index contributed by atoms with van der Waals surface area (Å²) in [6.45, 7) is 0.224. The third-order valence-electron chi connectivity index (χ3n) is 0.696. The quantitative estimate of drug-likeness (QED) is 0.494. The number of rotatable bonds is 1. The molecule has 1 rings (SSSR count). The maximum absolute atomic E-state index is 9.93. The van der Waals surface area contributed by atoms with Gasteiger partial charge in [0.2, 0.25) is 5.76 Å². The molecule has 0 aromatic carbocycles. The van der Waals surface area contributed by atoms with Crippen LogP contribution in [-0.4, -0.2) is 17.7 Å². The van der Waals surface area contributed by atoms with E-state index in [2.05, 4.69) is 9.78 Å². The van der Waals surface area contributed by atoms with Crippen LogP contribution in [0.5, 0.6) is 0 Å². The largest absolute Gasteiger partial charge is 0.475 e. The summed E-state index contributed by atoms with van der Waals surface area (Å²) in [7, 11) is 0. The Kier molecular flexibility index (Phi) is 2.69. The summed E-state index contributed by atoms with van der Waals surface area (Å²) >= 11 is 0. The van der Waals surface area contributed by atoms with Gasteiger partial charge in [-0.1, -0.05) is 0 Å². The molecule has 0 amide bonds. The number of hydrogen-bond donors (Lipinski definition) is 2. The lowest BCUT2D eigenvalue weighted by atomic mass is 10.5. The topological polar surface area (TPSA) is 90.8 Å². The molecule has 5 heteroatoms. The van der Waals surface area contributed by atoms with E-state index in [-0.39, 0.29) is 18.5 Å². The van der Waals surface area contributed by atoms with Crippen LogP contribution in [0.25, 0.3) is 0 Å². The zero-order valence-corrected chi connectivity index (χ0v) is 4.66. The molecule has 52 valence electrons. The average Bonchev–Trinajstić information content (AvgIpc) is 2.12. The number of aliphatic carboxylic acids is 1. The van der Waals surface area contributed by atoms with Gasteiger partial charge in [-0.15, -0.1) is 0 Å². The predicted molar refractivity (Wildman–Crippen MR) is 27.8 cm³/mol. The average molecular weight is 133 g/mol. The second kappa shape index (κ2) is 3.06. The van der Waals surface area contributed by atoms with Gasteiger partial charge in [-0.05, 0) is 6.08 Å².